The first-order valence-corrected chi connectivity index (χ1v) is 14.8. The molecule has 1 aromatic rings. The van der Waals surface area contributed by atoms with Crippen LogP contribution >= 0.6 is 0 Å². The number of hydrogen-bond acceptors (Lipinski definition) is 6. The van der Waals surface area contributed by atoms with E-state index in [1.807, 2.05) is 30.9 Å². The van der Waals surface area contributed by atoms with E-state index in [0.29, 0.717) is 44.0 Å². The standard InChI is InChI=1S/C31H51N3O4/c1-31(2)23-38-19-5-6-26-21-33(27-13-15-32(3)16-14-27)18-12-25(26)20-30(36)34(22-29(31)35)17-11-24-7-9-28(37-4)10-8-24/h7-10,25-27,29,35H,5-6,11-23H2,1-4H3/t25-,26-,29-/m0/s1. The molecule has 1 amide bonds. The smallest absolute Gasteiger partial charge is 0.222 e. The zero-order chi connectivity index (χ0) is 27.1. The number of rotatable bonds is 5. The Morgan fingerprint density at radius 1 is 1.03 bits per heavy atom. The first-order valence-electron chi connectivity index (χ1n) is 14.8. The van der Waals surface area contributed by atoms with E-state index < -0.39 is 11.5 Å². The van der Waals surface area contributed by atoms with Crippen LogP contribution in [0.3, 0.4) is 0 Å². The second kappa shape index (κ2) is 13.6. The lowest BCUT2D eigenvalue weighted by atomic mass is 9.79. The van der Waals surface area contributed by atoms with Gasteiger partial charge in [-0.2, -0.15) is 0 Å². The van der Waals surface area contributed by atoms with Gasteiger partial charge in [-0.25, -0.2) is 0 Å². The number of piperidine rings is 2. The van der Waals surface area contributed by atoms with E-state index in [1.165, 1.54) is 31.5 Å². The molecule has 3 aliphatic rings. The van der Waals surface area contributed by atoms with Crippen LogP contribution in [0.4, 0.5) is 0 Å². The number of fused-ring (bicyclic) bond motifs is 1. The molecule has 0 spiro atoms. The van der Waals surface area contributed by atoms with Gasteiger partial charge in [-0.15, -0.1) is 0 Å². The summed E-state index contributed by atoms with van der Waals surface area (Å²) in [5, 5.41) is 11.2. The average molecular weight is 530 g/mol. The number of amides is 1. The summed E-state index contributed by atoms with van der Waals surface area (Å²) in [6.45, 7) is 10.8. The van der Waals surface area contributed by atoms with Crippen LogP contribution in [0.25, 0.3) is 0 Å². The van der Waals surface area contributed by atoms with Gasteiger partial charge < -0.3 is 24.4 Å². The Hall–Kier alpha value is -1.67. The number of likely N-dealkylation sites (tertiary alicyclic amines) is 2. The van der Waals surface area contributed by atoms with Gasteiger partial charge >= 0.3 is 0 Å². The number of carbonyl (C=O) groups is 1. The van der Waals surface area contributed by atoms with Crippen LogP contribution in [-0.2, 0) is 16.0 Å². The third kappa shape index (κ3) is 7.93. The van der Waals surface area contributed by atoms with Crippen LogP contribution < -0.4 is 4.74 Å². The van der Waals surface area contributed by atoms with Crippen molar-refractivity contribution >= 4 is 5.91 Å². The predicted molar refractivity (Wildman–Crippen MR) is 151 cm³/mol. The molecule has 7 heteroatoms. The van der Waals surface area contributed by atoms with Gasteiger partial charge in [0.2, 0.25) is 5.91 Å². The predicted octanol–water partition coefficient (Wildman–Crippen LogP) is 3.69. The Labute approximate surface area is 230 Å². The molecule has 0 aromatic heterocycles. The highest BCUT2D eigenvalue weighted by Gasteiger charge is 2.37. The van der Waals surface area contributed by atoms with Crippen molar-refractivity contribution in [2.75, 3.05) is 66.6 Å². The normalized spacial score (nSPS) is 29.1. The van der Waals surface area contributed by atoms with E-state index in [1.54, 1.807) is 7.11 Å². The van der Waals surface area contributed by atoms with Crippen LogP contribution in [0.15, 0.2) is 24.3 Å². The third-order valence-electron chi connectivity index (χ3n) is 9.38. The molecule has 3 saturated heterocycles. The van der Waals surface area contributed by atoms with Crippen LogP contribution in [0, 0.1) is 17.3 Å². The first kappa shape index (κ1) is 29.3. The van der Waals surface area contributed by atoms with Crippen molar-refractivity contribution < 1.29 is 19.4 Å². The van der Waals surface area contributed by atoms with Crippen molar-refractivity contribution in [3.8, 4) is 5.75 Å². The molecule has 0 aliphatic carbocycles. The average Bonchev–Trinajstić information content (AvgIpc) is 2.92. The molecule has 3 fully saturated rings. The van der Waals surface area contributed by atoms with Gasteiger partial charge in [0, 0.05) is 44.1 Å². The van der Waals surface area contributed by atoms with Crippen molar-refractivity contribution in [2.45, 2.75) is 70.9 Å². The molecular weight excluding hydrogens is 478 g/mol. The largest absolute Gasteiger partial charge is 0.497 e. The third-order valence-corrected chi connectivity index (χ3v) is 9.38. The second-order valence-electron chi connectivity index (χ2n) is 12.7. The maximum atomic E-state index is 13.8. The summed E-state index contributed by atoms with van der Waals surface area (Å²) >= 11 is 0. The van der Waals surface area contributed by atoms with E-state index in [-0.39, 0.29) is 5.91 Å². The molecule has 0 unspecified atom stereocenters. The molecule has 7 nitrogen and oxygen atoms in total. The van der Waals surface area contributed by atoms with Crippen molar-refractivity contribution in [1.29, 1.82) is 0 Å². The van der Waals surface area contributed by atoms with Gasteiger partial charge in [-0.05, 0) is 94.7 Å². The SMILES string of the molecule is COc1ccc(CCN2C[C@H](O)C(C)(C)COCCC[C@H]3CN(C4CCN(C)CC4)CC[C@H]3CC2=O)cc1. The monoisotopic (exact) mass is 529 g/mol. The highest BCUT2D eigenvalue weighted by molar-refractivity contribution is 5.76. The molecule has 0 saturated carbocycles. The van der Waals surface area contributed by atoms with Crippen LogP contribution in [0.2, 0.25) is 0 Å². The number of benzene rings is 1. The van der Waals surface area contributed by atoms with Crippen molar-refractivity contribution in [3.63, 3.8) is 0 Å². The molecule has 4 rings (SSSR count). The van der Waals surface area contributed by atoms with Crippen molar-refractivity contribution in [3.05, 3.63) is 29.8 Å². The quantitative estimate of drug-likeness (QED) is 0.628. The fourth-order valence-electron chi connectivity index (χ4n) is 6.46. The highest BCUT2D eigenvalue weighted by Crippen LogP contribution is 2.34. The Kier molecular flexibility index (Phi) is 10.5. The van der Waals surface area contributed by atoms with E-state index >= 15 is 0 Å². The lowest BCUT2D eigenvalue weighted by molar-refractivity contribution is -0.136. The summed E-state index contributed by atoms with van der Waals surface area (Å²) in [5.41, 5.74) is 0.757. The fourth-order valence-corrected chi connectivity index (χ4v) is 6.46. The van der Waals surface area contributed by atoms with Gasteiger partial charge in [-0.1, -0.05) is 26.0 Å². The summed E-state index contributed by atoms with van der Waals surface area (Å²) in [4.78, 5) is 20.9. The maximum Gasteiger partial charge on any atom is 0.222 e. The van der Waals surface area contributed by atoms with Gasteiger partial charge in [0.25, 0.3) is 0 Å². The number of β-amino-alcohol motifs (C(OH)–C–C–N with tert-alkyl or cyclic N) is 1. The molecule has 1 N–H and O–H groups in total. The molecule has 3 aliphatic heterocycles. The number of methoxy groups -OCH3 is 1. The van der Waals surface area contributed by atoms with E-state index in [0.717, 1.165) is 51.1 Å². The minimum Gasteiger partial charge on any atom is -0.497 e. The van der Waals surface area contributed by atoms with Gasteiger partial charge in [0.05, 0.1) is 19.8 Å². The highest BCUT2D eigenvalue weighted by atomic mass is 16.5. The molecule has 3 atom stereocenters. The number of nitrogens with zero attached hydrogens (tertiary/aromatic N) is 3. The molecular formula is C31H51N3O4. The number of aliphatic hydroxyl groups excluding tert-OH is 1. The Morgan fingerprint density at radius 2 is 1.76 bits per heavy atom. The lowest BCUT2D eigenvalue weighted by Crippen LogP contribution is -2.50. The number of ether oxygens (including phenoxy) is 2. The van der Waals surface area contributed by atoms with Crippen LogP contribution in [-0.4, -0.2) is 104 Å². The Morgan fingerprint density at radius 3 is 2.47 bits per heavy atom. The maximum absolute atomic E-state index is 13.8. The minimum atomic E-state index is -0.634. The van der Waals surface area contributed by atoms with Gasteiger partial charge in [-0.3, -0.25) is 9.69 Å². The van der Waals surface area contributed by atoms with Crippen molar-refractivity contribution in [2.24, 2.45) is 17.3 Å². The Balaban J connectivity index is 1.45. The molecule has 0 bridgehead atoms. The summed E-state index contributed by atoms with van der Waals surface area (Å²) < 4.78 is 11.4. The summed E-state index contributed by atoms with van der Waals surface area (Å²) in [7, 11) is 3.90. The molecule has 3 heterocycles. The van der Waals surface area contributed by atoms with Crippen molar-refractivity contribution in [1.82, 2.24) is 14.7 Å². The summed E-state index contributed by atoms with van der Waals surface area (Å²) in [6, 6.07) is 8.74. The minimum absolute atomic E-state index is 0.191. The second-order valence-corrected chi connectivity index (χ2v) is 12.7. The molecule has 0 radical (unpaired) electrons. The molecule has 38 heavy (non-hydrogen) atoms. The Bertz CT molecular complexity index is 868. The number of aliphatic hydroxyl groups is 1. The first-order chi connectivity index (χ1) is 18.2. The van der Waals surface area contributed by atoms with E-state index in [9.17, 15) is 9.90 Å². The zero-order valence-electron chi connectivity index (χ0n) is 24.2. The van der Waals surface area contributed by atoms with E-state index in [2.05, 4.69) is 29.0 Å². The summed E-state index contributed by atoms with van der Waals surface area (Å²) in [6.07, 6.45) is 6.43. The zero-order valence-corrected chi connectivity index (χ0v) is 24.2. The van der Waals surface area contributed by atoms with Crippen LogP contribution in [0.5, 0.6) is 5.75 Å². The number of carbonyl (C=O) groups excluding carboxylic acids is 1. The van der Waals surface area contributed by atoms with Gasteiger partial charge in [0.15, 0.2) is 0 Å². The fraction of sp³-hybridized carbons (Fsp3) is 0.774. The molecule has 1 aromatic carbocycles. The topological polar surface area (TPSA) is 65.5 Å². The summed E-state index contributed by atoms with van der Waals surface area (Å²) in [5.74, 6) is 1.95. The van der Waals surface area contributed by atoms with Gasteiger partial charge in [0.1, 0.15) is 5.75 Å². The lowest BCUT2D eigenvalue weighted by Gasteiger charge is -2.45. The van der Waals surface area contributed by atoms with Crippen LogP contribution in [0.1, 0.15) is 57.9 Å². The van der Waals surface area contributed by atoms with E-state index in [4.69, 9.17) is 9.47 Å². The molecule has 214 valence electrons. The number of hydrogen-bond donors (Lipinski definition) is 1.